The molecule has 0 radical (unpaired) electrons. The van der Waals surface area contributed by atoms with E-state index in [0.717, 1.165) is 22.2 Å². The molecule has 6 nitrogen and oxygen atoms in total. The number of nitrogens with one attached hydrogen (secondary N) is 1. The van der Waals surface area contributed by atoms with E-state index in [0.29, 0.717) is 11.2 Å². The predicted octanol–water partition coefficient (Wildman–Crippen LogP) is 2.33. The summed E-state index contributed by atoms with van der Waals surface area (Å²) in [4.78, 5) is 19.5. The molecule has 0 unspecified atom stereocenters. The molecule has 2 aromatic heterocycles. The third-order valence-electron chi connectivity index (χ3n) is 3.19. The Kier molecular flexibility index (Phi) is 2.71. The van der Waals surface area contributed by atoms with Crippen LogP contribution in [0.4, 0.5) is 0 Å². The fourth-order valence-corrected chi connectivity index (χ4v) is 2.17. The molecule has 1 aromatic carbocycles. The molecule has 0 saturated carbocycles. The molecule has 100 valence electrons. The minimum absolute atomic E-state index is 0.0259. The Morgan fingerprint density at radius 1 is 1.15 bits per heavy atom. The smallest absolute Gasteiger partial charge is 0.357 e. The average molecular weight is 268 g/mol. The van der Waals surface area contributed by atoms with Crippen LogP contribution in [-0.2, 0) is 0 Å². The molecule has 0 atom stereocenters. The van der Waals surface area contributed by atoms with Crippen molar-refractivity contribution in [2.45, 2.75) is 13.8 Å². The number of benzene rings is 1. The summed E-state index contributed by atoms with van der Waals surface area (Å²) in [6.07, 6.45) is 3.45. The van der Waals surface area contributed by atoms with Gasteiger partial charge in [-0.2, -0.15) is 5.10 Å². The van der Waals surface area contributed by atoms with Gasteiger partial charge >= 0.3 is 5.97 Å². The van der Waals surface area contributed by atoms with Crippen molar-refractivity contribution in [3.05, 3.63) is 41.6 Å². The van der Waals surface area contributed by atoms with Gasteiger partial charge in [-0.25, -0.2) is 14.8 Å². The highest BCUT2D eigenvalue weighted by Crippen LogP contribution is 2.27. The van der Waals surface area contributed by atoms with E-state index in [4.69, 9.17) is 5.11 Å². The molecule has 3 rings (SSSR count). The van der Waals surface area contributed by atoms with Crippen LogP contribution in [0, 0.1) is 13.8 Å². The number of nitrogens with zero attached hydrogens (tertiary/aromatic N) is 3. The first-order chi connectivity index (χ1) is 9.56. The fourth-order valence-electron chi connectivity index (χ4n) is 2.17. The lowest BCUT2D eigenvalue weighted by molar-refractivity contribution is 0.0692. The summed E-state index contributed by atoms with van der Waals surface area (Å²) in [5, 5.41) is 16.4. The largest absolute Gasteiger partial charge is 0.476 e. The number of aromatic amines is 1. The summed E-state index contributed by atoms with van der Waals surface area (Å²) in [5.74, 6) is -0.353. The fraction of sp³-hybridized carbons (Fsp3) is 0.143. The predicted molar refractivity (Wildman–Crippen MR) is 73.6 cm³/mol. The van der Waals surface area contributed by atoms with Crippen LogP contribution >= 0.6 is 0 Å². The highest BCUT2D eigenvalue weighted by molar-refractivity contribution is 6.03. The van der Waals surface area contributed by atoms with Gasteiger partial charge in [-0.05, 0) is 37.1 Å². The Hall–Kier alpha value is -2.76. The molecule has 0 fully saturated rings. The standard InChI is InChI=1S/C14H12N4O2/c1-7-3-9(10-5-15-8(2)16-6-10)4-11-12(7)17-18-13(11)14(19)20/h3-6H,1-2H3,(H,17,18)(H,19,20). The highest BCUT2D eigenvalue weighted by Gasteiger charge is 2.15. The second-order valence-corrected chi connectivity index (χ2v) is 4.61. The number of aryl methyl sites for hydroxylation is 2. The number of H-pyrrole nitrogens is 1. The van der Waals surface area contributed by atoms with Crippen LogP contribution in [0.1, 0.15) is 21.9 Å². The van der Waals surface area contributed by atoms with Crippen LogP contribution in [0.15, 0.2) is 24.5 Å². The minimum atomic E-state index is -1.05. The number of hydrogen-bond acceptors (Lipinski definition) is 4. The molecule has 0 aliphatic heterocycles. The minimum Gasteiger partial charge on any atom is -0.476 e. The maximum absolute atomic E-state index is 11.2. The van der Waals surface area contributed by atoms with Crippen molar-refractivity contribution >= 4 is 16.9 Å². The molecule has 2 heterocycles. The van der Waals surface area contributed by atoms with Crippen LogP contribution < -0.4 is 0 Å². The number of carbonyl (C=O) groups is 1. The molecule has 0 aliphatic rings. The van der Waals surface area contributed by atoms with E-state index in [2.05, 4.69) is 20.2 Å². The summed E-state index contributed by atoms with van der Waals surface area (Å²) in [5.41, 5.74) is 3.41. The monoisotopic (exact) mass is 268 g/mol. The van der Waals surface area contributed by atoms with Crippen LogP contribution in [-0.4, -0.2) is 31.2 Å². The molecule has 6 heteroatoms. The Morgan fingerprint density at radius 3 is 2.50 bits per heavy atom. The maximum atomic E-state index is 11.2. The topological polar surface area (TPSA) is 91.8 Å². The van der Waals surface area contributed by atoms with E-state index in [-0.39, 0.29) is 5.69 Å². The van der Waals surface area contributed by atoms with Gasteiger partial charge < -0.3 is 5.11 Å². The number of carboxylic acid groups (broad SMARTS) is 1. The van der Waals surface area contributed by atoms with Crippen molar-refractivity contribution in [2.24, 2.45) is 0 Å². The van der Waals surface area contributed by atoms with Gasteiger partial charge in [0.25, 0.3) is 0 Å². The Bertz CT molecular complexity index is 806. The number of aromatic carboxylic acids is 1. The molecule has 0 bridgehead atoms. The van der Waals surface area contributed by atoms with Gasteiger partial charge in [-0.3, -0.25) is 5.10 Å². The number of rotatable bonds is 2. The van der Waals surface area contributed by atoms with E-state index >= 15 is 0 Å². The van der Waals surface area contributed by atoms with E-state index in [1.807, 2.05) is 19.9 Å². The zero-order valence-electron chi connectivity index (χ0n) is 11.0. The first-order valence-corrected chi connectivity index (χ1v) is 6.07. The van der Waals surface area contributed by atoms with Gasteiger partial charge in [0.1, 0.15) is 5.82 Å². The lowest BCUT2D eigenvalue weighted by Crippen LogP contribution is -1.97. The van der Waals surface area contributed by atoms with Gasteiger partial charge in [0, 0.05) is 23.3 Å². The highest BCUT2D eigenvalue weighted by atomic mass is 16.4. The summed E-state index contributed by atoms with van der Waals surface area (Å²) in [6, 6.07) is 3.75. The van der Waals surface area contributed by atoms with Gasteiger partial charge in [-0.15, -0.1) is 0 Å². The zero-order valence-corrected chi connectivity index (χ0v) is 11.0. The lowest BCUT2D eigenvalue weighted by Gasteiger charge is -2.04. The van der Waals surface area contributed by atoms with E-state index in [9.17, 15) is 4.79 Å². The van der Waals surface area contributed by atoms with Crippen molar-refractivity contribution in [3.63, 3.8) is 0 Å². The molecule has 3 aromatic rings. The second-order valence-electron chi connectivity index (χ2n) is 4.61. The van der Waals surface area contributed by atoms with E-state index < -0.39 is 5.97 Å². The number of aromatic nitrogens is 4. The van der Waals surface area contributed by atoms with Crippen molar-refractivity contribution < 1.29 is 9.90 Å². The lowest BCUT2D eigenvalue weighted by atomic mass is 10.0. The molecule has 0 saturated heterocycles. The third kappa shape index (κ3) is 1.91. The molecule has 0 amide bonds. The average Bonchev–Trinajstić information content (AvgIpc) is 2.84. The van der Waals surface area contributed by atoms with Crippen molar-refractivity contribution in [1.29, 1.82) is 0 Å². The Morgan fingerprint density at radius 2 is 1.85 bits per heavy atom. The number of carboxylic acids is 1. The SMILES string of the molecule is Cc1ncc(-c2cc(C)c3[nH]nc(C(=O)O)c3c2)cn1. The quantitative estimate of drug-likeness (QED) is 0.744. The summed E-state index contributed by atoms with van der Waals surface area (Å²) in [6.45, 7) is 3.72. The summed E-state index contributed by atoms with van der Waals surface area (Å²) < 4.78 is 0. The molecular formula is C14H12N4O2. The van der Waals surface area contributed by atoms with Gasteiger partial charge in [0.15, 0.2) is 5.69 Å². The van der Waals surface area contributed by atoms with Gasteiger partial charge in [-0.1, -0.05) is 0 Å². The zero-order chi connectivity index (χ0) is 14.3. The van der Waals surface area contributed by atoms with Crippen LogP contribution in [0.2, 0.25) is 0 Å². The Labute approximate surface area is 114 Å². The molecule has 0 aliphatic carbocycles. The van der Waals surface area contributed by atoms with E-state index in [1.165, 1.54) is 0 Å². The Balaban J connectivity index is 2.24. The maximum Gasteiger partial charge on any atom is 0.357 e. The van der Waals surface area contributed by atoms with Crippen LogP contribution in [0.5, 0.6) is 0 Å². The molecule has 20 heavy (non-hydrogen) atoms. The van der Waals surface area contributed by atoms with Gasteiger partial charge in [0.2, 0.25) is 0 Å². The van der Waals surface area contributed by atoms with Crippen molar-refractivity contribution in [2.75, 3.05) is 0 Å². The second kappa shape index (κ2) is 4.41. The first-order valence-electron chi connectivity index (χ1n) is 6.07. The van der Waals surface area contributed by atoms with E-state index in [1.54, 1.807) is 18.5 Å². The normalized spacial score (nSPS) is 10.9. The number of hydrogen-bond donors (Lipinski definition) is 2. The van der Waals surface area contributed by atoms with Crippen LogP contribution in [0.3, 0.4) is 0 Å². The summed E-state index contributed by atoms with van der Waals surface area (Å²) >= 11 is 0. The third-order valence-corrected chi connectivity index (χ3v) is 3.19. The molecular weight excluding hydrogens is 256 g/mol. The molecule has 2 N–H and O–H groups in total. The van der Waals surface area contributed by atoms with Crippen molar-refractivity contribution in [1.82, 2.24) is 20.2 Å². The van der Waals surface area contributed by atoms with Crippen molar-refractivity contribution in [3.8, 4) is 11.1 Å². The number of fused-ring (bicyclic) bond motifs is 1. The molecule has 0 spiro atoms. The summed E-state index contributed by atoms with van der Waals surface area (Å²) in [7, 11) is 0. The van der Waals surface area contributed by atoms with Crippen LogP contribution in [0.25, 0.3) is 22.0 Å². The first kappa shape index (κ1) is 12.3. The van der Waals surface area contributed by atoms with Gasteiger partial charge in [0.05, 0.1) is 5.52 Å².